The van der Waals surface area contributed by atoms with E-state index in [1.54, 1.807) is 36.4 Å². The molecule has 0 bridgehead atoms. The van der Waals surface area contributed by atoms with Crippen molar-refractivity contribution < 1.29 is 28.2 Å². The molecule has 2 amide bonds. The number of primary amides is 1. The molecule has 1 heterocycles. The number of nitrogens with two attached hydrogens (primary N) is 1. The second kappa shape index (κ2) is 11.7. The van der Waals surface area contributed by atoms with Crippen molar-refractivity contribution in [2.45, 2.75) is 31.8 Å². The van der Waals surface area contributed by atoms with E-state index in [1.165, 1.54) is 41.2 Å². The predicted molar refractivity (Wildman–Crippen MR) is 136 cm³/mol. The Balaban J connectivity index is 1.39. The van der Waals surface area contributed by atoms with Crippen LogP contribution in [0.5, 0.6) is 5.75 Å². The van der Waals surface area contributed by atoms with Crippen LogP contribution in [0.3, 0.4) is 0 Å². The number of carbonyl (C=O) groups excluding carboxylic acids is 3. The second-order valence-electron chi connectivity index (χ2n) is 8.64. The van der Waals surface area contributed by atoms with Crippen LogP contribution in [0.25, 0.3) is 0 Å². The summed E-state index contributed by atoms with van der Waals surface area (Å²) in [4.78, 5) is 39.5. The molecule has 3 aromatic carbocycles. The molecule has 1 aliphatic heterocycles. The van der Waals surface area contributed by atoms with Gasteiger partial charge in [0, 0.05) is 13.0 Å². The Labute approximate surface area is 214 Å². The van der Waals surface area contributed by atoms with Gasteiger partial charge in [-0.05, 0) is 66.9 Å². The molecule has 1 fully saturated rings. The van der Waals surface area contributed by atoms with Crippen LogP contribution >= 0.6 is 0 Å². The van der Waals surface area contributed by atoms with E-state index in [1.807, 2.05) is 18.2 Å². The van der Waals surface area contributed by atoms with Crippen molar-refractivity contribution in [2.75, 3.05) is 18.6 Å². The number of carbonyl (C=O) groups is 3. The summed E-state index contributed by atoms with van der Waals surface area (Å²) in [5.41, 5.74) is 7.87. The molecular formula is C28H28FN3O5. The predicted octanol–water partition coefficient (Wildman–Crippen LogP) is 4.60. The number of urea groups is 1. The molecule has 0 spiro atoms. The summed E-state index contributed by atoms with van der Waals surface area (Å²) in [5, 5.41) is 0. The first-order chi connectivity index (χ1) is 17.9. The van der Waals surface area contributed by atoms with Crippen LogP contribution in [0, 0.1) is 0 Å². The number of likely N-dealkylation sites (tertiary alicyclic amines) is 1. The molecule has 0 aliphatic carbocycles. The molecule has 2 atom stereocenters. The van der Waals surface area contributed by atoms with Crippen LogP contribution in [0.1, 0.15) is 28.8 Å². The minimum Gasteiger partial charge on any atom is -0.465 e. The standard InChI is InChI=1S/C28H28FN3O5/c1-36-26(34)20-11-15-23(16-12-20)37-27(29)31-17-5-8-24(31)25(33)18-19-9-13-22(14-10-19)32(28(30)35)21-6-3-2-4-7-21/h2-4,6-7,9-16,24,27H,5,8,17-18H2,1H3,(H2,30,35)/t24-,27-/m0/s1. The maximum Gasteiger partial charge on any atom is 0.337 e. The number of Topliss-reactive ketones (excluding diaryl/α,β-unsaturated/α-hetero) is 1. The third-order valence-electron chi connectivity index (χ3n) is 6.24. The van der Waals surface area contributed by atoms with Gasteiger partial charge in [0.1, 0.15) is 5.75 Å². The Morgan fingerprint density at radius 2 is 1.65 bits per heavy atom. The zero-order valence-electron chi connectivity index (χ0n) is 20.4. The van der Waals surface area contributed by atoms with Crippen LogP contribution in [-0.4, -0.2) is 48.9 Å². The monoisotopic (exact) mass is 505 g/mol. The quantitative estimate of drug-likeness (QED) is 0.337. The van der Waals surface area contributed by atoms with E-state index in [0.717, 1.165) is 5.56 Å². The molecule has 0 aromatic heterocycles. The first-order valence-electron chi connectivity index (χ1n) is 11.9. The smallest absolute Gasteiger partial charge is 0.337 e. The van der Waals surface area contributed by atoms with E-state index < -0.39 is 24.5 Å². The molecule has 4 rings (SSSR count). The van der Waals surface area contributed by atoms with Crippen molar-refractivity contribution in [1.82, 2.24) is 4.90 Å². The number of esters is 1. The SMILES string of the molecule is COC(=O)c1ccc(O[C@@H](F)N2CCC[C@H]2C(=O)Cc2ccc(N(C(N)=O)c3ccccc3)cc2)cc1. The normalized spacial score (nSPS) is 16.1. The number of anilines is 2. The second-order valence-corrected chi connectivity index (χ2v) is 8.64. The molecule has 192 valence electrons. The summed E-state index contributed by atoms with van der Waals surface area (Å²) in [6.07, 6.45) is 1.32. The number of ketones is 1. The van der Waals surface area contributed by atoms with Crippen LogP contribution in [0.2, 0.25) is 0 Å². The van der Waals surface area contributed by atoms with Gasteiger partial charge in [0.15, 0.2) is 5.78 Å². The molecular weight excluding hydrogens is 477 g/mol. The highest BCUT2D eigenvalue weighted by Crippen LogP contribution is 2.27. The highest BCUT2D eigenvalue weighted by Gasteiger charge is 2.36. The highest BCUT2D eigenvalue weighted by molar-refractivity contribution is 5.98. The van der Waals surface area contributed by atoms with Gasteiger partial charge in [-0.1, -0.05) is 30.3 Å². The summed E-state index contributed by atoms with van der Waals surface area (Å²) in [6.45, 7) is -1.42. The summed E-state index contributed by atoms with van der Waals surface area (Å²) in [6, 6.07) is 20.7. The Morgan fingerprint density at radius 1 is 1.00 bits per heavy atom. The molecule has 0 saturated carbocycles. The van der Waals surface area contributed by atoms with E-state index in [9.17, 15) is 14.4 Å². The number of methoxy groups -OCH3 is 1. The molecule has 37 heavy (non-hydrogen) atoms. The van der Waals surface area contributed by atoms with Gasteiger partial charge in [0.2, 0.25) is 0 Å². The number of alkyl halides is 1. The largest absolute Gasteiger partial charge is 0.465 e. The molecule has 3 aromatic rings. The summed E-state index contributed by atoms with van der Waals surface area (Å²) in [5.74, 6) is -0.373. The fourth-order valence-electron chi connectivity index (χ4n) is 4.41. The van der Waals surface area contributed by atoms with Gasteiger partial charge in [0.25, 0.3) is 6.48 Å². The van der Waals surface area contributed by atoms with Crippen molar-refractivity contribution >= 4 is 29.2 Å². The summed E-state index contributed by atoms with van der Waals surface area (Å²) >= 11 is 0. The Bertz CT molecular complexity index is 1230. The first kappa shape index (κ1) is 25.8. The Kier molecular flexibility index (Phi) is 8.15. The Hall–Kier alpha value is -4.24. The number of para-hydroxylation sites is 1. The number of ether oxygens (including phenoxy) is 2. The number of hydrogen-bond donors (Lipinski definition) is 1. The minimum absolute atomic E-state index is 0.115. The number of halogens is 1. The number of hydrogen-bond acceptors (Lipinski definition) is 6. The lowest BCUT2D eigenvalue weighted by Crippen LogP contribution is -2.44. The van der Waals surface area contributed by atoms with E-state index in [-0.39, 0.29) is 18.0 Å². The zero-order chi connectivity index (χ0) is 26.4. The fraction of sp³-hybridized carbons (Fsp3) is 0.250. The van der Waals surface area contributed by atoms with Gasteiger partial charge >= 0.3 is 12.0 Å². The molecule has 2 N–H and O–H groups in total. The van der Waals surface area contributed by atoms with Crippen molar-refractivity contribution in [3.63, 3.8) is 0 Å². The lowest BCUT2D eigenvalue weighted by molar-refractivity contribution is -0.133. The van der Waals surface area contributed by atoms with E-state index in [4.69, 9.17) is 10.5 Å². The van der Waals surface area contributed by atoms with E-state index >= 15 is 4.39 Å². The maximum absolute atomic E-state index is 15.1. The van der Waals surface area contributed by atoms with Crippen molar-refractivity contribution in [1.29, 1.82) is 0 Å². The molecule has 9 heteroatoms. The molecule has 8 nitrogen and oxygen atoms in total. The number of nitrogens with zero attached hydrogens (tertiary/aromatic N) is 2. The fourth-order valence-corrected chi connectivity index (χ4v) is 4.41. The minimum atomic E-state index is -1.81. The van der Waals surface area contributed by atoms with Crippen molar-refractivity contribution in [3.05, 3.63) is 90.0 Å². The Morgan fingerprint density at radius 3 is 2.27 bits per heavy atom. The highest BCUT2D eigenvalue weighted by atomic mass is 19.1. The maximum atomic E-state index is 15.1. The average Bonchev–Trinajstić information content (AvgIpc) is 3.41. The number of amides is 2. The van der Waals surface area contributed by atoms with Crippen LogP contribution < -0.4 is 15.4 Å². The van der Waals surface area contributed by atoms with Crippen LogP contribution in [-0.2, 0) is 16.0 Å². The van der Waals surface area contributed by atoms with Gasteiger partial charge in [-0.2, -0.15) is 4.39 Å². The van der Waals surface area contributed by atoms with Crippen LogP contribution in [0.4, 0.5) is 20.6 Å². The molecule has 1 saturated heterocycles. The third kappa shape index (κ3) is 6.13. The van der Waals surface area contributed by atoms with Gasteiger partial charge < -0.3 is 15.2 Å². The number of benzene rings is 3. The molecule has 0 radical (unpaired) electrons. The third-order valence-corrected chi connectivity index (χ3v) is 6.24. The lowest BCUT2D eigenvalue weighted by Gasteiger charge is -2.27. The van der Waals surface area contributed by atoms with Gasteiger partial charge in [0.05, 0.1) is 30.1 Å². The van der Waals surface area contributed by atoms with Gasteiger partial charge in [-0.15, -0.1) is 0 Å². The zero-order valence-corrected chi connectivity index (χ0v) is 20.4. The topological polar surface area (TPSA) is 102 Å². The van der Waals surface area contributed by atoms with Gasteiger partial charge in [-0.3, -0.25) is 9.69 Å². The summed E-state index contributed by atoms with van der Waals surface area (Å²) < 4.78 is 25.1. The summed E-state index contributed by atoms with van der Waals surface area (Å²) in [7, 11) is 1.28. The number of rotatable bonds is 9. The van der Waals surface area contributed by atoms with Crippen molar-refractivity contribution in [3.8, 4) is 5.75 Å². The van der Waals surface area contributed by atoms with Crippen LogP contribution in [0.15, 0.2) is 78.9 Å². The molecule has 1 aliphatic rings. The van der Waals surface area contributed by atoms with Crippen molar-refractivity contribution in [2.24, 2.45) is 5.73 Å². The van der Waals surface area contributed by atoms with E-state index in [0.29, 0.717) is 36.3 Å². The van der Waals surface area contributed by atoms with E-state index in [2.05, 4.69) is 4.74 Å². The van der Waals surface area contributed by atoms with Gasteiger partial charge in [-0.25, -0.2) is 14.5 Å². The lowest BCUT2D eigenvalue weighted by atomic mass is 10.0. The average molecular weight is 506 g/mol. The molecule has 0 unspecified atom stereocenters. The first-order valence-corrected chi connectivity index (χ1v) is 11.9.